The van der Waals surface area contributed by atoms with Crippen LogP contribution in [0, 0.1) is 11.3 Å². The van der Waals surface area contributed by atoms with Crippen LogP contribution in [0.2, 0.25) is 0 Å². The number of aromatic amines is 1. The van der Waals surface area contributed by atoms with E-state index in [2.05, 4.69) is 47.5 Å². The average Bonchev–Trinajstić information content (AvgIpc) is 3.14. The Labute approximate surface area is 145 Å². The van der Waals surface area contributed by atoms with E-state index in [0.717, 1.165) is 35.3 Å². The molecule has 0 saturated carbocycles. The first kappa shape index (κ1) is 14.0. The molecule has 1 aromatic heterocycles. The van der Waals surface area contributed by atoms with Gasteiger partial charge >= 0.3 is 0 Å². The van der Waals surface area contributed by atoms with Crippen LogP contribution in [-0.2, 0) is 6.42 Å². The minimum Gasteiger partial charge on any atom is -0.337 e. The molecule has 4 aromatic rings. The standard InChI is InChI=1S/C22H15N3/c23-13-14-7-1-2-8-15(14)22-24-20-18-11-5-3-9-16(18)17-10-4-6-12-19(17)21(20)25-22/h1-3,5-9,11-12H,4,10H2,(H,24,25). The molecule has 1 N–H and O–H groups in total. The number of hydrogen-bond donors (Lipinski definition) is 1. The highest BCUT2D eigenvalue weighted by Gasteiger charge is 2.18. The SMILES string of the molecule is N#Cc1ccccc1-c1nc2c([nH]1)c1c(c3ccccc32)CCC=C1. The molecule has 0 saturated heterocycles. The predicted molar refractivity (Wildman–Crippen MR) is 101 cm³/mol. The Morgan fingerprint density at radius 2 is 1.80 bits per heavy atom. The van der Waals surface area contributed by atoms with E-state index in [4.69, 9.17) is 4.98 Å². The Morgan fingerprint density at radius 3 is 2.68 bits per heavy atom. The number of fused-ring (bicyclic) bond motifs is 6. The molecule has 0 fully saturated rings. The van der Waals surface area contributed by atoms with Crippen LogP contribution in [0.4, 0.5) is 0 Å². The van der Waals surface area contributed by atoms with Gasteiger partial charge in [-0.2, -0.15) is 5.26 Å². The minimum atomic E-state index is 0.635. The van der Waals surface area contributed by atoms with Gasteiger partial charge in [-0.3, -0.25) is 0 Å². The van der Waals surface area contributed by atoms with E-state index in [1.165, 1.54) is 21.9 Å². The number of imidazole rings is 1. The zero-order valence-corrected chi connectivity index (χ0v) is 13.6. The fourth-order valence-electron chi connectivity index (χ4n) is 3.81. The predicted octanol–water partition coefficient (Wildman–Crippen LogP) is 5.21. The molecule has 1 aliphatic rings. The second-order valence-corrected chi connectivity index (χ2v) is 6.35. The van der Waals surface area contributed by atoms with Gasteiger partial charge in [-0.1, -0.05) is 48.6 Å². The van der Waals surface area contributed by atoms with Crippen LogP contribution >= 0.6 is 0 Å². The summed E-state index contributed by atoms with van der Waals surface area (Å²) < 4.78 is 0. The highest BCUT2D eigenvalue weighted by Crippen LogP contribution is 2.36. The van der Waals surface area contributed by atoms with Crippen LogP contribution in [0.5, 0.6) is 0 Å². The lowest BCUT2D eigenvalue weighted by molar-refractivity contribution is 0.999. The zero-order chi connectivity index (χ0) is 16.8. The summed E-state index contributed by atoms with van der Waals surface area (Å²) in [5.41, 5.74) is 6.13. The van der Waals surface area contributed by atoms with Crippen molar-refractivity contribution in [1.29, 1.82) is 5.26 Å². The lowest BCUT2D eigenvalue weighted by atomic mass is 9.90. The van der Waals surface area contributed by atoms with E-state index in [0.29, 0.717) is 5.56 Å². The maximum Gasteiger partial charge on any atom is 0.139 e. The van der Waals surface area contributed by atoms with E-state index in [1.807, 2.05) is 24.3 Å². The van der Waals surface area contributed by atoms with Crippen molar-refractivity contribution < 1.29 is 0 Å². The number of H-pyrrole nitrogens is 1. The normalized spacial score (nSPS) is 13.1. The number of allylic oxidation sites excluding steroid dienone is 1. The number of nitrogens with one attached hydrogen (secondary N) is 1. The Morgan fingerprint density at radius 1 is 1.00 bits per heavy atom. The smallest absolute Gasteiger partial charge is 0.139 e. The van der Waals surface area contributed by atoms with Gasteiger partial charge in [0.15, 0.2) is 0 Å². The van der Waals surface area contributed by atoms with Crippen molar-refractivity contribution >= 4 is 27.9 Å². The van der Waals surface area contributed by atoms with Crippen molar-refractivity contribution in [3.63, 3.8) is 0 Å². The monoisotopic (exact) mass is 321 g/mol. The quantitative estimate of drug-likeness (QED) is 0.523. The van der Waals surface area contributed by atoms with Gasteiger partial charge < -0.3 is 4.98 Å². The van der Waals surface area contributed by atoms with Crippen LogP contribution < -0.4 is 0 Å². The molecule has 118 valence electrons. The van der Waals surface area contributed by atoms with Crippen molar-refractivity contribution in [3.8, 4) is 17.5 Å². The summed E-state index contributed by atoms with van der Waals surface area (Å²) in [6.07, 6.45) is 6.54. The van der Waals surface area contributed by atoms with Crippen molar-refractivity contribution in [3.05, 3.63) is 71.3 Å². The number of hydrogen-bond acceptors (Lipinski definition) is 2. The molecular formula is C22H15N3. The fraction of sp³-hybridized carbons (Fsp3) is 0.0909. The second kappa shape index (κ2) is 5.32. The van der Waals surface area contributed by atoms with Gasteiger partial charge in [-0.15, -0.1) is 0 Å². The third-order valence-electron chi connectivity index (χ3n) is 4.95. The molecule has 3 nitrogen and oxygen atoms in total. The molecule has 0 aliphatic heterocycles. The molecule has 25 heavy (non-hydrogen) atoms. The lowest BCUT2D eigenvalue weighted by Crippen LogP contribution is -1.97. The molecule has 0 amide bonds. The highest BCUT2D eigenvalue weighted by atomic mass is 14.9. The maximum absolute atomic E-state index is 9.42. The number of benzene rings is 3. The van der Waals surface area contributed by atoms with Gasteiger partial charge in [0, 0.05) is 16.5 Å². The van der Waals surface area contributed by atoms with Crippen molar-refractivity contribution in [2.75, 3.05) is 0 Å². The third-order valence-corrected chi connectivity index (χ3v) is 4.95. The molecule has 0 atom stereocenters. The third kappa shape index (κ3) is 2.01. The van der Waals surface area contributed by atoms with Crippen LogP contribution in [-0.4, -0.2) is 9.97 Å². The summed E-state index contributed by atoms with van der Waals surface area (Å²) in [4.78, 5) is 8.38. The zero-order valence-electron chi connectivity index (χ0n) is 13.6. The van der Waals surface area contributed by atoms with Gasteiger partial charge in [0.1, 0.15) is 5.82 Å². The van der Waals surface area contributed by atoms with E-state index in [1.54, 1.807) is 0 Å². The minimum absolute atomic E-state index is 0.635. The summed E-state index contributed by atoms with van der Waals surface area (Å²) in [6.45, 7) is 0. The number of aryl methyl sites for hydroxylation is 1. The first-order chi connectivity index (χ1) is 12.4. The second-order valence-electron chi connectivity index (χ2n) is 6.35. The van der Waals surface area contributed by atoms with Crippen LogP contribution in [0.1, 0.15) is 23.1 Å². The molecule has 0 bridgehead atoms. The van der Waals surface area contributed by atoms with Gasteiger partial charge in [0.2, 0.25) is 0 Å². The highest BCUT2D eigenvalue weighted by molar-refractivity contribution is 6.10. The topological polar surface area (TPSA) is 52.5 Å². The molecule has 5 rings (SSSR count). The van der Waals surface area contributed by atoms with Crippen molar-refractivity contribution in [1.82, 2.24) is 9.97 Å². The van der Waals surface area contributed by atoms with Gasteiger partial charge in [0.05, 0.1) is 22.7 Å². The Kier molecular flexibility index (Phi) is 2.98. The van der Waals surface area contributed by atoms with E-state index in [-0.39, 0.29) is 0 Å². The first-order valence-corrected chi connectivity index (χ1v) is 8.46. The summed E-state index contributed by atoms with van der Waals surface area (Å²) >= 11 is 0. The van der Waals surface area contributed by atoms with Gasteiger partial charge in [0.25, 0.3) is 0 Å². The number of aromatic nitrogens is 2. The average molecular weight is 321 g/mol. The molecule has 1 heterocycles. The molecule has 3 aromatic carbocycles. The molecule has 0 radical (unpaired) electrons. The van der Waals surface area contributed by atoms with Crippen molar-refractivity contribution in [2.24, 2.45) is 0 Å². The first-order valence-electron chi connectivity index (χ1n) is 8.46. The molecular weight excluding hydrogens is 306 g/mol. The largest absolute Gasteiger partial charge is 0.337 e. The number of rotatable bonds is 1. The summed E-state index contributed by atoms with van der Waals surface area (Å²) in [5.74, 6) is 0.754. The maximum atomic E-state index is 9.42. The molecule has 3 heteroatoms. The summed E-state index contributed by atoms with van der Waals surface area (Å²) in [7, 11) is 0. The van der Waals surface area contributed by atoms with E-state index in [9.17, 15) is 5.26 Å². The summed E-state index contributed by atoms with van der Waals surface area (Å²) in [6, 6.07) is 18.3. The molecule has 0 spiro atoms. The molecule has 1 aliphatic carbocycles. The number of nitrogens with zero attached hydrogens (tertiary/aromatic N) is 2. The Hall–Kier alpha value is -3.38. The van der Waals surface area contributed by atoms with Crippen LogP contribution in [0.3, 0.4) is 0 Å². The van der Waals surface area contributed by atoms with Gasteiger partial charge in [-0.05, 0) is 35.9 Å². The van der Waals surface area contributed by atoms with Crippen molar-refractivity contribution in [2.45, 2.75) is 12.8 Å². The van der Waals surface area contributed by atoms with E-state index < -0.39 is 0 Å². The van der Waals surface area contributed by atoms with E-state index >= 15 is 0 Å². The molecule has 0 unspecified atom stereocenters. The Balaban J connectivity index is 1.91. The lowest BCUT2D eigenvalue weighted by Gasteiger charge is -2.14. The van der Waals surface area contributed by atoms with Gasteiger partial charge in [-0.25, -0.2) is 4.98 Å². The number of nitriles is 1. The fourth-order valence-corrected chi connectivity index (χ4v) is 3.81. The van der Waals surface area contributed by atoms with Crippen LogP contribution in [0.15, 0.2) is 54.6 Å². The van der Waals surface area contributed by atoms with Crippen LogP contribution in [0.25, 0.3) is 39.3 Å². The Bertz CT molecular complexity index is 1210. The summed E-state index contributed by atoms with van der Waals surface area (Å²) in [5, 5.41) is 11.9.